The van der Waals surface area contributed by atoms with Crippen molar-refractivity contribution >= 4 is 17.5 Å². The van der Waals surface area contributed by atoms with E-state index in [1.165, 1.54) is 26.0 Å². The maximum atomic E-state index is 12.6. The Hall–Kier alpha value is -2.73. The summed E-state index contributed by atoms with van der Waals surface area (Å²) in [5, 5.41) is 9.01. The van der Waals surface area contributed by atoms with Gasteiger partial charge in [-0.05, 0) is 51.0 Å². The van der Waals surface area contributed by atoms with Crippen molar-refractivity contribution in [2.75, 3.05) is 0 Å². The van der Waals surface area contributed by atoms with Crippen LogP contribution in [0, 0.1) is 13.8 Å². The Kier molecular flexibility index (Phi) is 5.54. The van der Waals surface area contributed by atoms with E-state index in [4.69, 9.17) is 9.84 Å². The molecular weight excluding hydrogens is 322 g/mol. The van der Waals surface area contributed by atoms with Gasteiger partial charge in [-0.15, -0.1) is 0 Å². The van der Waals surface area contributed by atoms with Crippen molar-refractivity contribution < 1.29 is 24.2 Å². The molecule has 0 bridgehead atoms. The first kappa shape index (κ1) is 18.6. The van der Waals surface area contributed by atoms with Crippen LogP contribution in [-0.4, -0.2) is 33.7 Å². The number of hydrogen-bond acceptors (Lipinski definition) is 5. The maximum Gasteiger partial charge on any atom is 0.338 e. The smallest absolute Gasteiger partial charge is 0.338 e. The average Bonchev–Trinajstić information content (AvgIpc) is 2.88. The van der Waals surface area contributed by atoms with Crippen LogP contribution in [0.4, 0.5) is 0 Å². The van der Waals surface area contributed by atoms with Gasteiger partial charge in [0.2, 0.25) is 5.78 Å². The van der Waals surface area contributed by atoms with Crippen LogP contribution in [0.25, 0.3) is 0 Å². The number of ether oxygens (including phenoxy) is 1. The van der Waals surface area contributed by atoms with E-state index < -0.39 is 17.9 Å². The van der Waals surface area contributed by atoms with Gasteiger partial charge in [-0.3, -0.25) is 9.59 Å². The second kappa shape index (κ2) is 7.44. The van der Waals surface area contributed by atoms with Crippen LogP contribution in [0.5, 0.6) is 0 Å². The molecule has 1 heterocycles. The first-order chi connectivity index (χ1) is 11.8. The van der Waals surface area contributed by atoms with Crippen LogP contribution in [0.3, 0.4) is 0 Å². The zero-order valence-corrected chi connectivity index (χ0v) is 14.7. The Balaban J connectivity index is 2.16. The molecule has 2 N–H and O–H groups in total. The van der Waals surface area contributed by atoms with Crippen molar-refractivity contribution in [3.05, 3.63) is 57.9 Å². The minimum Gasteiger partial charge on any atom is -0.451 e. The van der Waals surface area contributed by atoms with E-state index >= 15 is 0 Å². The highest BCUT2D eigenvalue weighted by molar-refractivity contribution is 6.05. The Morgan fingerprint density at radius 3 is 2.24 bits per heavy atom. The summed E-state index contributed by atoms with van der Waals surface area (Å²) in [6.07, 6.45) is -0.999. The molecule has 0 aliphatic carbocycles. The molecule has 1 aromatic carbocycles. The molecule has 0 radical (unpaired) electrons. The lowest BCUT2D eigenvalue weighted by Crippen LogP contribution is -2.25. The van der Waals surface area contributed by atoms with Gasteiger partial charge in [-0.2, -0.15) is 0 Å². The van der Waals surface area contributed by atoms with Crippen molar-refractivity contribution in [3.63, 3.8) is 0 Å². The number of rotatable bonds is 6. The predicted octanol–water partition coefficient (Wildman–Crippen LogP) is 2.75. The van der Waals surface area contributed by atoms with Gasteiger partial charge in [0.1, 0.15) is 0 Å². The molecule has 132 valence electrons. The first-order valence-electron chi connectivity index (χ1n) is 7.91. The number of hydrogen-bond donors (Lipinski definition) is 2. The summed E-state index contributed by atoms with van der Waals surface area (Å²) in [7, 11) is 0. The van der Waals surface area contributed by atoms with Gasteiger partial charge < -0.3 is 14.8 Å². The number of Topliss-reactive ketones (excluding diaryl/α,β-unsaturated/α-hetero) is 2. The van der Waals surface area contributed by atoms with Gasteiger partial charge in [0.05, 0.1) is 17.9 Å². The largest absolute Gasteiger partial charge is 0.451 e. The number of aryl methyl sites for hydroxylation is 1. The van der Waals surface area contributed by atoms with Crippen LogP contribution in [0.1, 0.15) is 61.9 Å². The quantitative estimate of drug-likeness (QED) is 0.621. The molecule has 0 aliphatic rings. The fourth-order valence-electron chi connectivity index (χ4n) is 2.76. The van der Waals surface area contributed by atoms with Crippen LogP contribution >= 0.6 is 0 Å². The molecule has 2 aromatic rings. The summed E-state index contributed by atoms with van der Waals surface area (Å²) in [5.74, 6) is -1.15. The van der Waals surface area contributed by atoms with E-state index in [-0.39, 0.29) is 18.1 Å². The number of aromatic nitrogens is 1. The monoisotopic (exact) mass is 343 g/mol. The van der Waals surface area contributed by atoms with Gasteiger partial charge in [0, 0.05) is 11.3 Å². The van der Waals surface area contributed by atoms with E-state index in [1.54, 1.807) is 26.0 Å². The van der Waals surface area contributed by atoms with E-state index in [0.29, 0.717) is 27.9 Å². The second-order valence-corrected chi connectivity index (χ2v) is 5.95. The molecule has 0 fully saturated rings. The van der Waals surface area contributed by atoms with Gasteiger partial charge in [0.15, 0.2) is 11.9 Å². The number of ketones is 2. The molecule has 0 amide bonds. The molecule has 0 unspecified atom stereocenters. The molecule has 1 atom stereocenters. The highest BCUT2D eigenvalue weighted by Gasteiger charge is 2.26. The number of aromatic amines is 1. The number of nitrogens with one attached hydrogen (secondary N) is 1. The fourth-order valence-corrected chi connectivity index (χ4v) is 2.76. The third-order valence-electron chi connectivity index (χ3n) is 4.06. The molecule has 6 heteroatoms. The SMILES string of the molecule is CC(=O)c1c(C)[nH]c(C(=O)[C@H](C)OC(=O)c2ccc(CO)cc2)c1C. The summed E-state index contributed by atoms with van der Waals surface area (Å²) in [5.41, 5.74) is 2.91. The standard InChI is InChI=1S/C19H21NO5/c1-10-16(12(3)22)11(2)20-17(10)18(23)13(4)25-19(24)15-7-5-14(9-21)6-8-15/h5-8,13,20-21H,9H2,1-4H3/t13-/m0/s1. The van der Waals surface area contributed by atoms with Gasteiger partial charge in [-0.1, -0.05) is 12.1 Å². The molecule has 0 saturated carbocycles. The van der Waals surface area contributed by atoms with Gasteiger partial charge >= 0.3 is 5.97 Å². The number of H-pyrrole nitrogens is 1. The minimum absolute atomic E-state index is 0.117. The lowest BCUT2D eigenvalue weighted by molar-refractivity contribution is 0.0317. The van der Waals surface area contributed by atoms with Gasteiger partial charge in [0.25, 0.3) is 0 Å². The van der Waals surface area contributed by atoms with Crippen LogP contribution in [0.2, 0.25) is 0 Å². The zero-order chi connectivity index (χ0) is 18.7. The lowest BCUT2D eigenvalue weighted by atomic mass is 10.0. The number of esters is 1. The highest BCUT2D eigenvalue weighted by atomic mass is 16.5. The van der Waals surface area contributed by atoms with E-state index in [1.807, 2.05) is 0 Å². The summed E-state index contributed by atoms with van der Waals surface area (Å²) in [6, 6.07) is 6.29. The summed E-state index contributed by atoms with van der Waals surface area (Å²) in [4.78, 5) is 39.3. The van der Waals surface area contributed by atoms with E-state index in [9.17, 15) is 14.4 Å². The third-order valence-corrected chi connectivity index (χ3v) is 4.06. The molecule has 0 saturated heterocycles. The third kappa shape index (κ3) is 3.85. The van der Waals surface area contributed by atoms with Crippen molar-refractivity contribution in [1.29, 1.82) is 0 Å². The fraction of sp³-hybridized carbons (Fsp3) is 0.316. The summed E-state index contributed by atoms with van der Waals surface area (Å²) < 4.78 is 5.23. The number of carbonyl (C=O) groups excluding carboxylic acids is 3. The Morgan fingerprint density at radius 1 is 1.16 bits per heavy atom. The van der Waals surface area contributed by atoms with E-state index in [0.717, 1.165) is 0 Å². The molecule has 0 spiro atoms. The molecule has 1 aromatic heterocycles. The van der Waals surface area contributed by atoms with Crippen molar-refractivity contribution in [2.45, 2.75) is 40.4 Å². The Bertz CT molecular complexity index is 817. The van der Waals surface area contributed by atoms with Gasteiger partial charge in [-0.25, -0.2) is 4.79 Å². The topological polar surface area (TPSA) is 96.5 Å². The Morgan fingerprint density at radius 2 is 1.76 bits per heavy atom. The first-order valence-corrected chi connectivity index (χ1v) is 7.91. The maximum absolute atomic E-state index is 12.6. The Labute approximate surface area is 145 Å². The number of benzene rings is 1. The number of carbonyl (C=O) groups is 3. The van der Waals surface area contributed by atoms with E-state index in [2.05, 4.69) is 4.98 Å². The van der Waals surface area contributed by atoms with Crippen molar-refractivity contribution in [2.24, 2.45) is 0 Å². The molecule has 25 heavy (non-hydrogen) atoms. The number of aliphatic hydroxyl groups excluding tert-OH is 1. The normalized spacial score (nSPS) is 11.9. The molecule has 6 nitrogen and oxygen atoms in total. The number of aliphatic hydroxyl groups is 1. The lowest BCUT2D eigenvalue weighted by Gasteiger charge is -2.12. The summed E-state index contributed by atoms with van der Waals surface area (Å²) in [6.45, 7) is 6.23. The molecule has 0 aliphatic heterocycles. The molecule has 2 rings (SSSR count). The van der Waals surface area contributed by atoms with Crippen LogP contribution in [0.15, 0.2) is 24.3 Å². The predicted molar refractivity (Wildman–Crippen MR) is 91.8 cm³/mol. The van der Waals surface area contributed by atoms with Crippen molar-refractivity contribution in [3.8, 4) is 0 Å². The minimum atomic E-state index is -0.999. The summed E-state index contributed by atoms with van der Waals surface area (Å²) >= 11 is 0. The average molecular weight is 343 g/mol. The van der Waals surface area contributed by atoms with Crippen LogP contribution < -0.4 is 0 Å². The second-order valence-electron chi connectivity index (χ2n) is 5.95. The van der Waals surface area contributed by atoms with Crippen LogP contribution in [-0.2, 0) is 11.3 Å². The van der Waals surface area contributed by atoms with Crippen molar-refractivity contribution in [1.82, 2.24) is 4.98 Å². The highest BCUT2D eigenvalue weighted by Crippen LogP contribution is 2.20. The zero-order valence-electron chi connectivity index (χ0n) is 14.7. The molecular formula is C19H21NO5.